The van der Waals surface area contributed by atoms with Crippen molar-refractivity contribution >= 4 is 54.4 Å². The standard InChI is InChI=1S/C44H26N4O/c1-3-10-27(11-4-1)30-18-22-35-39(25-30)49-38-17-9-16-36(41(35)38)44-47-42(29-13-5-2-6-14-29)46-43(48-44)31-19-21-34-32(24-31)26-45-37-23-20-28-12-7-8-15-33(28)40(34)37/h1-26H. The van der Waals surface area contributed by atoms with Gasteiger partial charge in [-0.25, -0.2) is 15.0 Å². The molecule has 0 saturated heterocycles. The van der Waals surface area contributed by atoms with Crippen molar-refractivity contribution in [3.8, 4) is 45.3 Å². The smallest absolute Gasteiger partial charge is 0.164 e. The molecule has 0 radical (unpaired) electrons. The molecule has 0 atom stereocenters. The molecule has 3 aromatic heterocycles. The molecule has 0 saturated carbocycles. The molecule has 49 heavy (non-hydrogen) atoms. The Bertz CT molecular complexity index is 2880. The van der Waals surface area contributed by atoms with Gasteiger partial charge in [0, 0.05) is 44.4 Å². The maximum atomic E-state index is 6.44. The van der Waals surface area contributed by atoms with Gasteiger partial charge in [-0.3, -0.25) is 4.98 Å². The van der Waals surface area contributed by atoms with Crippen LogP contribution in [0.4, 0.5) is 0 Å². The number of benzene rings is 7. The van der Waals surface area contributed by atoms with Crippen molar-refractivity contribution in [2.45, 2.75) is 0 Å². The third-order valence-corrected chi connectivity index (χ3v) is 9.34. The highest BCUT2D eigenvalue weighted by Gasteiger charge is 2.19. The second kappa shape index (κ2) is 10.9. The van der Waals surface area contributed by atoms with Crippen LogP contribution in [-0.2, 0) is 0 Å². The molecule has 0 aliphatic heterocycles. The molecule has 7 aromatic carbocycles. The zero-order valence-electron chi connectivity index (χ0n) is 26.2. The Hall–Kier alpha value is -6.72. The minimum absolute atomic E-state index is 0.590. The number of hydrogen-bond donors (Lipinski definition) is 0. The molecular formula is C44H26N4O. The third kappa shape index (κ3) is 4.55. The first-order valence-electron chi connectivity index (χ1n) is 16.3. The lowest BCUT2D eigenvalue weighted by atomic mass is 9.99. The van der Waals surface area contributed by atoms with Crippen molar-refractivity contribution in [3.05, 3.63) is 158 Å². The Morgan fingerprint density at radius 2 is 1.08 bits per heavy atom. The molecule has 0 spiro atoms. The highest BCUT2D eigenvalue weighted by molar-refractivity contribution is 6.19. The van der Waals surface area contributed by atoms with Gasteiger partial charge in [0.15, 0.2) is 17.5 Å². The molecule has 228 valence electrons. The summed E-state index contributed by atoms with van der Waals surface area (Å²) in [6.45, 7) is 0. The van der Waals surface area contributed by atoms with Gasteiger partial charge < -0.3 is 4.42 Å². The van der Waals surface area contributed by atoms with Crippen LogP contribution in [0.2, 0.25) is 0 Å². The lowest BCUT2D eigenvalue weighted by Crippen LogP contribution is -2.00. The zero-order valence-corrected chi connectivity index (χ0v) is 26.2. The van der Waals surface area contributed by atoms with Gasteiger partial charge in [0.1, 0.15) is 11.2 Å². The van der Waals surface area contributed by atoms with Crippen molar-refractivity contribution in [2.24, 2.45) is 0 Å². The first-order chi connectivity index (χ1) is 24.3. The number of aromatic nitrogens is 4. The summed E-state index contributed by atoms with van der Waals surface area (Å²) in [5.41, 5.74) is 7.55. The van der Waals surface area contributed by atoms with E-state index < -0.39 is 0 Å². The SMILES string of the molecule is c1ccc(-c2ccc3c(c2)oc2cccc(-c4nc(-c5ccccc5)nc(-c5ccc6c(cnc7ccc8ccccc8c76)c5)n4)c23)cc1. The van der Waals surface area contributed by atoms with Gasteiger partial charge in [0.2, 0.25) is 0 Å². The average Bonchev–Trinajstić information content (AvgIpc) is 3.56. The largest absolute Gasteiger partial charge is 0.456 e. The van der Waals surface area contributed by atoms with Gasteiger partial charge in [0.05, 0.1) is 5.52 Å². The minimum atomic E-state index is 0.590. The van der Waals surface area contributed by atoms with Crippen LogP contribution in [0.25, 0.3) is 99.7 Å². The number of nitrogens with zero attached hydrogens (tertiary/aromatic N) is 4. The van der Waals surface area contributed by atoms with E-state index in [1.807, 2.05) is 54.7 Å². The van der Waals surface area contributed by atoms with E-state index in [4.69, 9.17) is 24.4 Å². The fraction of sp³-hybridized carbons (Fsp3) is 0. The number of pyridine rings is 1. The van der Waals surface area contributed by atoms with E-state index in [0.29, 0.717) is 17.5 Å². The first kappa shape index (κ1) is 27.4. The Kier molecular flexibility index (Phi) is 6.11. The van der Waals surface area contributed by atoms with Crippen LogP contribution in [0.1, 0.15) is 0 Å². The summed E-state index contributed by atoms with van der Waals surface area (Å²) in [5.74, 6) is 1.80. The quantitative estimate of drug-likeness (QED) is 0.182. The fourth-order valence-corrected chi connectivity index (χ4v) is 6.99. The second-order valence-corrected chi connectivity index (χ2v) is 12.3. The monoisotopic (exact) mass is 626 g/mol. The van der Waals surface area contributed by atoms with Gasteiger partial charge >= 0.3 is 0 Å². The summed E-state index contributed by atoms with van der Waals surface area (Å²) < 4.78 is 6.44. The minimum Gasteiger partial charge on any atom is -0.456 e. The summed E-state index contributed by atoms with van der Waals surface area (Å²) in [7, 11) is 0. The Morgan fingerprint density at radius 1 is 0.388 bits per heavy atom. The highest BCUT2D eigenvalue weighted by Crippen LogP contribution is 2.39. The van der Waals surface area contributed by atoms with Crippen LogP contribution in [0, 0.1) is 0 Å². The molecule has 0 aliphatic rings. The summed E-state index contributed by atoms with van der Waals surface area (Å²) in [6, 6.07) is 52.0. The molecule has 3 heterocycles. The molecule has 0 bridgehead atoms. The molecule has 5 nitrogen and oxygen atoms in total. The number of hydrogen-bond acceptors (Lipinski definition) is 5. The van der Waals surface area contributed by atoms with E-state index in [1.54, 1.807) is 0 Å². The molecule has 0 fully saturated rings. The predicted octanol–water partition coefficient (Wildman–Crippen LogP) is 11.3. The topological polar surface area (TPSA) is 64.7 Å². The Balaban J connectivity index is 1.17. The molecule has 5 heteroatoms. The first-order valence-corrected chi connectivity index (χ1v) is 16.3. The van der Waals surface area contributed by atoms with Gasteiger partial charge in [-0.15, -0.1) is 0 Å². The van der Waals surface area contributed by atoms with E-state index in [0.717, 1.165) is 71.4 Å². The number of fused-ring (bicyclic) bond motifs is 8. The van der Waals surface area contributed by atoms with E-state index >= 15 is 0 Å². The van der Waals surface area contributed by atoms with Crippen molar-refractivity contribution in [3.63, 3.8) is 0 Å². The van der Waals surface area contributed by atoms with E-state index in [-0.39, 0.29) is 0 Å². The van der Waals surface area contributed by atoms with Gasteiger partial charge in [-0.05, 0) is 57.6 Å². The maximum absolute atomic E-state index is 6.44. The van der Waals surface area contributed by atoms with E-state index in [1.165, 1.54) is 10.8 Å². The van der Waals surface area contributed by atoms with Crippen LogP contribution in [0.3, 0.4) is 0 Å². The van der Waals surface area contributed by atoms with Gasteiger partial charge in [0.25, 0.3) is 0 Å². The van der Waals surface area contributed by atoms with Crippen LogP contribution < -0.4 is 0 Å². The lowest BCUT2D eigenvalue weighted by molar-refractivity contribution is 0.669. The summed E-state index contributed by atoms with van der Waals surface area (Å²) in [5, 5.41) is 7.71. The van der Waals surface area contributed by atoms with Crippen molar-refractivity contribution in [1.82, 2.24) is 19.9 Å². The Labute approximate surface area is 281 Å². The normalized spacial score (nSPS) is 11.7. The molecule has 10 aromatic rings. The molecule has 0 amide bonds. The van der Waals surface area contributed by atoms with Crippen LogP contribution in [0.15, 0.2) is 162 Å². The van der Waals surface area contributed by atoms with E-state index in [9.17, 15) is 0 Å². The van der Waals surface area contributed by atoms with Crippen LogP contribution in [-0.4, -0.2) is 19.9 Å². The average molecular weight is 627 g/mol. The summed E-state index contributed by atoms with van der Waals surface area (Å²) in [6.07, 6.45) is 1.94. The van der Waals surface area contributed by atoms with Crippen molar-refractivity contribution in [2.75, 3.05) is 0 Å². The van der Waals surface area contributed by atoms with Crippen molar-refractivity contribution < 1.29 is 4.42 Å². The third-order valence-electron chi connectivity index (χ3n) is 9.34. The molecule has 0 N–H and O–H groups in total. The number of furan rings is 1. The summed E-state index contributed by atoms with van der Waals surface area (Å²) >= 11 is 0. The molecular weight excluding hydrogens is 601 g/mol. The summed E-state index contributed by atoms with van der Waals surface area (Å²) in [4.78, 5) is 20.1. The van der Waals surface area contributed by atoms with Gasteiger partial charge in [-0.2, -0.15) is 0 Å². The second-order valence-electron chi connectivity index (χ2n) is 12.3. The highest BCUT2D eigenvalue weighted by atomic mass is 16.3. The van der Waals surface area contributed by atoms with Gasteiger partial charge in [-0.1, -0.05) is 121 Å². The van der Waals surface area contributed by atoms with Crippen LogP contribution in [0.5, 0.6) is 0 Å². The number of rotatable bonds is 4. The molecule has 0 aliphatic carbocycles. The van der Waals surface area contributed by atoms with E-state index in [2.05, 4.69) is 103 Å². The maximum Gasteiger partial charge on any atom is 0.164 e. The Morgan fingerprint density at radius 3 is 1.94 bits per heavy atom. The van der Waals surface area contributed by atoms with Crippen LogP contribution >= 0.6 is 0 Å². The molecule has 0 unspecified atom stereocenters. The predicted molar refractivity (Wildman–Crippen MR) is 199 cm³/mol. The van der Waals surface area contributed by atoms with Crippen molar-refractivity contribution in [1.29, 1.82) is 0 Å². The fourth-order valence-electron chi connectivity index (χ4n) is 6.99. The molecule has 10 rings (SSSR count). The zero-order chi connectivity index (χ0) is 32.3. The lowest BCUT2D eigenvalue weighted by Gasteiger charge is -2.11.